The molecule has 0 bridgehead atoms. The van der Waals surface area contributed by atoms with Gasteiger partial charge in [-0.15, -0.1) is 11.3 Å². The van der Waals surface area contributed by atoms with E-state index in [0.29, 0.717) is 11.8 Å². The lowest BCUT2D eigenvalue weighted by molar-refractivity contribution is 0.152. The number of hydrogen-bond donors (Lipinski definition) is 0. The molecule has 3 heteroatoms. The van der Waals surface area contributed by atoms with Crippen molar-refractivity contribution >= 4 is 17.0 Å². The van der Waals surface area contributed by atoms with Crippen molar-refractivity contribution in [3.05, 3.63) is 22.4 Å². The molecule has 0 N–H and O–H groups in total. The minimum atomic E-state index is 0.552. The Morgan fingerprint density at radius 2 is 2.43 bits per heavy atom. The molecule has 0 aromatic carbocycles. The quantitative estimate of drug-likeness (QED) is 0.693. The van der Waals surface area contributed by atoms with Crippen molar-refractivity contribution in [1.29, 1.82) is 0 Å². The molecule has 0 saturated heterocycles. The maximum Gasteiger partial charge on any atom is 0.125 e. The molecule has 0 spiro atoms. The van der Waals surface area contributed by atoms with Gasteiger partial charge in [-0.3, -0.25) is 0 Å². The van der Waals surface area contributed by atoms with Gasteiger partial charge in [0.15, 0.2) is 0 Å². The summed E-state index contributed by atoms with van der Waals surface area (Å²) in [5, 5.41) is 6.37. The molecule has 2 aliphatic rings. The Labute approximate surface area is 87.6 Å². The largest absolute Gasteiger partial charge is 0.395 e. The SMILES string of the molecule is c1csc([C@@H]2CCC[C@@H]3CON=C32)c1. The van der Waals surface area contributed by atoms with Crippen molar-refractivity contribution in [1.82, 2.24) is 0 Å². The van der Waals surface area contributed by atoms with E-state index >= 15 is 0 Å². The van der Waals surface area contributed by atoms with Gasteiger partial charge < -0.3 is 4.84 Å². The topological polar surface area (TPSA) is 21.6 Å². The molecule has 1 aromatic rings. The van der Waals surface area contributed by atoms with Crippen LogP contribution in [0, 0.1) is 5.92 Å². The number of nitrogens with zero attached hydrogens (tertiary/aromatic N) is 1. The molecule has 74 valence electrons. The minimum Gasteiger partial charge on any atom is -0.395 e. The number of hydrogen-bond acceptors (Lipinski definition) is 3. The van der Waals surface area contributed by atoms with Crippen LogP contribution in [0.3, 0.4) is 0 Å². The average molecular weight is 207 g/mol. The lowest BCUT2D eigenvalue weighted by Crippen LogP contribution is -2.25. The van der Waals surface area contributed by atoms with Crippen LogP contribution in [0.15, 0.2) is 22.7 Å². The molecule has 2 nitrogen and oxygen atoms in total. The summed E-state index contributed by atoms with van der Waals surface area (Å²) < 4.78 is 0. The molecule has 1 fully saturated rings. The summed E-state index contributed by atoms with van der Waals surface area (Å²) >= 11 is 1.84. The Balaban J connectivity index is 1.92. The molecule has 3 rings (SSSR count). The predicted octanol–water partition coefficient (Wildman–Crippen LogP) is 3.02. The normalized spacial score (nSPS) is 30.7. The molecule has 14 heavy (non-hydrogen) atoms. The van der Waals surface area contributed by atoms with E-state index in [0.717, 1.165) is 6.61 Å². The second-order valence-electron chi connectivity index (χ2n) is 4.01. The summed E-state index contributed by atoms with van der Waals surface area (Å²) in [5.41, 5.74) is 1.30. The second kappa shape index (κ2) is 3.39. The standard InChI is InChI=1S/C11H13NOS/c1-3-8-7-13-12-11(8)9(4-1)10-5-2-6-14-10/h2,5-6,8-9H,1,3-4,7H2/t8-,9+/m1/s1. The molecular weight excluding hydrogens is 194 g/mol. The highest BCUT2D eigenvalue weighted by molar-refractivity contribution is 7.10. The second-order valence-corrected chi connectivity index (χ2v) is 4.99. The van der Waals surface area contributed by atoms with Crippen molar-refractivity contribution in [3.8, 4) is 0 Å². The first-order chi connectivity index (χ1) is 6.95. The Bertz CT molecular complexity index is 344. The fourth-order valence-corrected chi connectivity index (χ4v) is 3.31. The van der Waals surface area contributed by atoms with Crippen LogP contribution in [0.25, 0.3) is 0 Å². The van der Waals surface area contributed by atoms with Gasteiger partial charge in [0, 0.05) is 16.7 Å². The fourth-order valence-electron chi connectivity index (χ4n) is 2.43. The zero-order chi connectivity index (χ0) is 9.38. The van der Waals surface area contributed by atoms with E-state index in [2.05, 4.69) is 22.7 Å². The lowest BCUT2D eigenvalue weighted by Gasteiger charge is -2.24. The number of fused-ring (bicyclic) bond motifs is 1. The predicted molar refractivity (Wildman–Crippen MR) is 57.8 cm³/mol. The molecule has 1 aliphatic heterocycles. The highest BCUT2D eigenvalue weighted by Crippen LogP contribution is 2.38. The van der Waals surface area contributed by atoms with Gasteiger partial charge in [0.2, 0.25) is 0 Å². The van der Waals surface area contributed by atoms with E-state index in [1.165, 1.54) is 29.9 Å². The van der Waals surface area contributed by atoms with Crippen LogP contribution in [0.1, 0.15) is 30.1 Å². The number of thiophene rings is 1. The number of oxime groups is 1. The van der Waals surface area contributed by atoms with Crippen LogP contribution in [0.2, 0.25) is 0 Å². The highest BCUT2D eigenvalue weighted by Gasteiger charge is 2.34. The van der Waals surface area contributed by atoms with Gasteiger partial charge in [-0.25, -0.2) is 0 Å². The van der Waals surface area contributed by atoms with Crippen molar-refractivity contribution in [2.45, 2.75) is 25.2 Å². The fraction of sp³-hybridized carbons (Fsp3) is 0.545. The van der Waals surface area contributed by atoms with Crippen molar-refractivity contribution in [2.24, 2.45) is 11.1 Å². The van der Waals surface area contributed by atoms with Gasteiger partial charge in [-0.05, 0) is 24.3 Å². The first-order valence-corrected chi connectivity index (χ1v) is 6.06. The zero-order valence-electron chi connectivity index (χ0n) is 7.98. The monoisotopic (exact) mass is 207 g/mol. The third-order valence-electron chi connectivity index (χ3n) is 3.15. The summed E-state index contributed by atoms with van der Waals surface area (Å²) in [5.74, 6) is 1.16. The van der Waals surface area contributed by atoms with E-state index in [9.17, 15) is 0 Å². The van der Waals surface area contributed by atoms with Crippen LogP contribution in [-0.4, -0.2) is 12.3 Å². The third kappa shape index (κ3) is 1.27. The molecule has 1 aromatic heterocycles. The summed E-state index contributed by atoms with van der Waals surface area (Å²) in [6.45, 7) is 0.817. The Morgan fingerprint density at radius 3 is 3.29 bits per heavy atom. The molecule has 0 unspecified atom stereocenters. The summed E-state index contributed by atoms with van der Waals surface area (Å²) in [4.78, 5) is 6.67. The zero-order valence-corrected chi connectivity index (χ0v) is 8.80. The molecule has 0 amide bonds. The van der Waals surface area contributed by atoms with Gasteiger partial charge >= 0.3 is 0 Å². The Kier molecular flexibility index (Phi) is 2.05. The summed E-state index contributed by atoms with van der Waals surface area (Å²) in [7, 11) is 0. The molecule has 0 radical (unpaired) electrons. The van der Waals surface area contributed by atoms with Crippen LogP contribution in [0.4, 0.5) is 0 Å². The van der Waals surface area contributed by atoms with E-state index in [1.54, 1.807) is 0 Å². The third-order valence-corrected chi connectivity index (χ3v) is 4.14. The van der Waals surface area contributed by atoms with E-state index in [4.69, 9.17) is 4.84 Å². The Hall–Kier alpha value is -0.830. The van der Waals surface area contributed by atoms with Crippen LogP contribution in [0.5, 0.6) is 0 Å². The number of rotatable bonds is 1. The van der Waals surface area contributed by atoms with Gasteiger partial charge in [0.05, 0.1) is 5.71 Å². The van der Waals surface area contributed by atoms with E-state index < -0.39 is 0 Å². The average Bonchev–Trinajstić information content (AvgIpc) is 2.88. The molecule has 2 atom stereocenters. The summed E-state index contributed by atoms with van der Waals surface area (Å²) in [6.07, 6.45) is 3.83. The van der Waals surface area contributed by atoms with E-state index in [-0.39, 0.29) is 0 Å². The van der Waals surface area contributed by atoms with Crippen LogP contribution in [-0.2, 0) is 4.84 Å². The summed E-state index contributed by atoms with van der Waals surface area (Å²) in [6, 6.07) is 4.35. The van der Waals surface area contributed by atoms with Crippen molar-refractivity contribution < 1.29 is 4.84 Å². The van der Waals surface area contributed by atoms with E-state index in [1.807, 2.05) is 11.3 Å². The first kappa shape index (κ1) is 8.48. The van der Waals surface area contributed by atoms with Gasteiger partial charge in [0.1, 0.15) is 6.61 Å². The lowest BCUT2D eigenvalue weighted by atomic mass is 9.79. The van der Waals surface area contributed by atoms with Gasteiger partial charge in [-0.1, -0.05) is 17.6 Å². The van der Waals surface area contributed by atoms with Crippen molar-refractivity contribution in [2.75, 3.05) is 6.61 Å². The van der Waals surface area contributed by atoms with Gasteiger partial charge in [0.25, 0.3) is 0 Å². The highest BCUT2D eigenvalue weighted by atomic mass is 32.1. The van der Waals surface area contributed by atoms with Crippen LogP contribution >= 0.6 is 11.3 Å². The van der Waals surface area contributed by atoms with Crippen LogP contribution < -0.4 is 0 Å². The first-order valence-electron chi connectivity index (χ1n) is 5.18. The molecule has 2 heterocycles. The van der Waals surface area contributed by atoms with Crippen molar-refractivity contribution in [3.63, 3.8) is 0 Å². The van der Waals surface area contributed by atoms with Gasteiger partial charge in [-0.2, -0.15) is 0 Å². The maximum atomic E-state index is 5.21. The maximum absolute atomic E-state index is 5.21. The molecule has 1 saturated carbocycles. The molecular formula is C11H13NOS. The Morgan fingerprint density at radius 1 is 1.43 bits per heavy atom. The smallest absolute Gasteiger partial charge is 0.125 e. The minimum absolute atomic E-state index is 0.552. The molecule has 1 aliphatic carbocycles.